The van der Waals surface area contributed by atoms with Gasteiger partial charge in [0.1, 0.15) is 0 Å². The van der Waals surface area contributed by atoms with Gasteiger partial charge in [-0.2, -0.15) is 0 Å². The Bertz CT molecular complexity index is 538. The monoisotopic (exact) mass is 292 g/mol. The molecule has 1 N–H and O–H groups in total. The normalized spacial score (nSPS) is 19.1. The van der Waals surface area contributed by atoms with Gasteiger partial charge < -0.3 is 10.1 Å². The molecular weight excluding hydrogens is 268 g/mol. The number of ether oxygens (including phenoxy) is 1. The molecular formula is C16H24N2O3. The Kier molecular flexibility index (Phi) is 3.87. The lowest BCUT2D eigenvalue weighted by Gasteiger charge is -2.10. The minimum absolute atomic E-state index is 0.00878. The summed E-state index contributed by atoms with van der Waals surface area (Å²) in [6, 6.07) is 4.95. The number of nitro benzene ring substituents is 1. The zero-order valence-corrected chi connectivity index (χ0v) is 13.4. The van der Waals surface area contributed by atoms with Crippen LogP contribution in [0.15, 0.2) is 18.2 Å². The summed E-state index contributed by atoms with van der Waals surface area (Å²) in [6.07, 6.45) is 0. The fraction of sp³-hybridized carbons (Fsp3) is 0.625. The lowest BCUT2D eigenvalue weighted by molar-refractivity contribution is -0.385. The molecule has 1 fully saturated rings. The Morgan fingerprint density at radius 2 is 1.90 bits per heavy atom. The summed E-state index contributed by atoms with van der Waals surface area (Å²) in [4.78, 5) is 10.5. The highest BCUT2D eigenvalue weighted by Crippen LogP contribution is 2.68. The van der Waals surface area contributed by atoms with Crippen molar-refractivity contribution in [2.45, 2.75) is 34.6 Å². The minimum Gasteiger partial charge on any atom is -0.487 e. The van der Waals surface area contributed by atoms with Gasteiger partial charge in [0.05, 0.1) is 11.5 Å². The Balaban J connectivity index is 2.08. The van der Waals surface area contributed by atoms with Crippen molar-refractivity contribution < 1.29 is 9.66 Å². The van der Waals surface area contributed by atoms with Crippen LogP contribution in [0, 0.1) is 26.9 Å². The van der Waals surface area contributed by atoms with Gasteiger partial charge in [0.2, 0.25) is 0 Å². The molecule has 0 bridgehead atoms. The fourth-order valence-electron chi connectivity index (χ4n) is 3.11. The van der Waals surface area contributed by atoms with Crippen molar-refractivity contribution in [2.24, 2.45) is 16.7 Å². The summed E-state index contributed by atoms with van der Waals surface area (Å²) in [5.74, 6) is 0.914. The van der Waals surface area contributed by atoms with Crippen molar-refractivity contribution in [1.82, 2.24) is 0 Å². The maximum atomic E-state index is 11.0. The van der Waals surface area contributed by atoms with Crippen LogP contribution in [-0.2, 0) is 0 Å². The molecule has 1 aromatic rings. The maximum absolute atomic E-state index is 11.0. The second-order valence-corrected chi connectivity index (χ2v) is 6.75. The van der Waals surface area contributed by atoms with Crippen molar-refractivity contribution in [2.75, 3.05) is 18.5 Å². The van der Waals surface area contributed by atoms with E-state index < -0.39 is 4.92 Å². The highest BCUT2D eigenvalue weighted by molar-refractivity contribution is 5.58. The van der Waals surface area contributed by atoms with E-state index in [1.807, 2.05) is 6.92 Å². The molecule has 1 saturated carbocycles. The van der Waals surface area contributed by atoms with Crippen molar-refractivity contribution in [3.05, 3.63) is 28.3 Å². The highest BCUT2D eigenvalue weighted by atomic mass is 16.6. The van der Waals surface area contributed by atoms with E-state index >= 15 is 0 Å². The van der Waals surface area contributed by atoms with Crippen LogP contribution in [0.5, 0.6) is 5.75 Å². The first-order chi connectivity index (χ1) is 9.71. The highest BCUT2D eigenvalue weighted by Gasteiger charge is 2.63. The van der Waals surface area contributed by atoms with Crippen LogP contribution in [0.25, 0.3) is 0 Å². The van der Waals surface area contributed by atoms with Gasteiger partial charge in [0.15, 0.2) is 5.75 Å². The van der Waals surface area contributed by atoms with Crippen molar-refractivity contribution in [3.8, 4) is 5.75 Å². The molecule has 0 unspecified atom stereocenters. The van der Waals surface area contributed by atoms with Gasteiger partial charge in [-0.3, -0.25) is 10.1 Å². The van der Waals surface area contributed by atoms with Gasteiger partial charge in [-0.05, 0) is 29.7 Å². The van der Waals surface area contributed by atoms with Crippen molar-refractivity contribution in [1.29, 1.82) is 0 Å². The Morgan fingerprint density at radius 3 is 2.38 bits per heavy atom. The number of nitrogens with one attached hydrogen (secondary N) is 1. The zero-order valence-electron chi connectivity index (χ0n) is 13.4. The molecule has 1 aliphatic carbocycles. The molecule has 1 aromatic carbocycles. The Hall–Kier alpha value is -1.78. The summed E-state index contributed by atoms with van der Waals surface area (Å²) in [5.41, 5.74) is 1.52. The van der Waals surface area contributed by atoms with Crippen molar-refractivity contribution >= 4 is 11.4 Å². The molecule has 0 radical (unpaired) electrons. The average molecular weight is 292 g/mol. The predicted molar refractivity (Wildman–Crippen MR) is 83.8 cm³/mol. The third-order valence-electron chi connectivity index (χ3n) is 5.29. The Morgan fingerprint density at radius 1 is 1.29 bits per heavy atom. The summed E-state index contributed by atoms with van der Waals surface area (Å²) in [6.45, 7) is 12.2. The SMILES string of the molecule is CCOc1cc(NCC2C(C)(C)C2(C)C)ccc1[N+](=O)[O-]. The van der Waals surface area contributed by atoms with Crippen LogP contribution < -0.4 is 10.1 Å². The molecule has 21 heavy (non-hydrogen) atoms. The number of nitro groups is 1. The van der Waals surface area contributed by atoms with E-state index in [1.54, 1.807) is 12.1 Å². The molecule has 5 nitrogen and oxygen atoms in total. The van der Waals surface area contributed by atoms with Crippen LogP contribution in [0.1, 0.15) is 34.6 Å². The largest absolute Gasteiger partial charge is 0.487 e. The fourth-order valence-corrected chi connectivity index (χ4v) is 3.11. The topological polar surface area (TPSA) is 64.4 Å². The van der Waals surface area contributed by atoms with E-state index in [1.165, 1.54) is 6.07 Å². The van der Waals surface area contributed by atoms with Gasteiger partial charge in [-0.15, -0.1) is 0 Å². The standard InChI is InChI=1S/C16H24N2O3/c1-6-21-13-9-11(7-8-12(13)18(19)20)17-10-14-15(2,3)16(14,4)5/h7-9,14,17H,6,10H2,1-5H3. The third kappa shape index (κ3) is 2.69. The number of anilines is 1. The van der Waals surface area contributed by atoms with E-state index in [0.717, 1.165) is 12.2 Å². The van der Waals surface area contributed by atoms with Crippen LogP contribution in [0.2, 0.25) is 0 Å². The predicted octanol–water partition coefficient (Wildman–Crippen LogP) is 4.09. The maximum Gasteiger partial charge on any atom is 0.311 e. The minimum atomic E-state index is -0.415. The Labute approximate surface area is 125 Å². The summed E-state index contributed by atoms with van der Waals surface area (Å²) >= 11 is 0. The molecule has 116 valence electrons. The van der Waals surface area contributed by atoms with Crippen molar-refractivity contribution in [3.63, 3.8) is 0 Å². The molecule has 0 amide bonds. The van der Waals surface area contributed by atoms with Crippen LogP contribution in [0.4, 0.5) is 11.4 Å². The molecule has 2 rings (SSSR count). The van der Waals surface area contributed by atoms with Crippen LogP contribution >= 0.6 is 0 Å². The van der Waals surface area contributed by atoms with Gasteiger partial charge in [0.25, 0.3) is 0 Å². The van der Waals surface area contributed by atoms with E-state index in [-0.39, 0.29) is 5.69 Å². The summed E-state index contributed by atoms with van der Waals surface area (Å²) in [7, 11) is 0. The molecule has 1 aliphatic rings. The van der Waals surface area contributed by atoms with E-state index in [4.69, 9.17) is 4.74 Å². The second-order valence-electron chi connectivity index (χ2n) is 6.75. The first-order valence-electron chi connectivity index (χ1n) is 7.37. The molecule has 0 atom stereocenters. The smallest absolute Gasteiger partial charge is 0.311 e. The molecule has 0 aromatic heterocycles. The quantitative estimate of drug-likeness (QED) is 0.633. The van der Waals surface area contributed by atoms with Crippen LogP contribution in [0.3, 0.4) is 0 Å². The zero-order chi connectivity index (χ0) is 15.8. The van der Waals surface area contributed by atoms with Gasteiger partial charge in [-0.25, -0.2) is 0 Å². The lowest BCUT2D eigenvalue weighted by atomic mass is 10.0. The van der Waals surface area contributed by atoms with Gasteiger partial charge >= 0.3 is 5.69 Å². The second kappa shape index (κ2) is 5.20. The van der Waals surface area contributed by atoms with Gasteiger partial charge in [-0.1, -0.05) is 27.7 Å². The average Bonchev–Trinajstić information content (AvgIpc) is 2.77. The number of nitrogens with zero attached hydrogens (tertiary/aromatic N) is 1. The molecule has 0 heterocycles. The number of benzene rings is 1. The molecule has 0 aliphatic heterocycles. The van der Waals surface area contributed by atoms with E-state index in [0.29, 0.717) is 29.1 Å². The number of hydrogen-bond acceptors (Lipinski definition) is 4. The first-order valence-corrected chi connectivity index (χ1v) is 7.37. The number of rotatable bonds is 6. The first kappa shape index (κ1) is 15.6. The third-order valence-corrected chi connectivity index (χ3v) is 5.29. The number of hydrogen-bond donors (Lipinski definition) is 1. The molecule has 0 saturated heterocycles. The summed E-state index contributed by atoms with van der Waals surface area (Å²) < 4.78 is 5.36. The molecule has 0 spiro atoms. The van der Waals surface area contributed by atoms with Crippen LogP contribution in [-0.4, -0.2) is 18.1 Å². The van der Waals surface area contributed by atoms with E-state index in [9.17, 15) is 10.1 Å². The molecule has 5 heteroatoms. The lowest BCUT2D eigenvalue weighted by Crippen LogP contribution is -2.08. The van der Waals surface area contributed by atoms with E-state index in [2.05, 4.69) is 33.0 Å². The van der Waals surface area contributed by atoms with Gasteiger partial charge in [0, 0.05) is 24.4 Å². The summed E-state index contributed by atoms with van der Waals surface area (Å²) in [5, 5.41) is 14.3.